The summed E-state index contributed by atoms with van der Waals surface area (Å²) < 4.78 is 0.326. The molecular formula is C10H11ClN2O4S. The molecule has 0 aliphatic rings. The smallest absolute Gasteiger partial charge is 0.325 e. The summed E-state index contributed by atoms with van der Waals surface area (Å²) in [6, 6.07) is 0.350. The van der Waals surface area contributed by atoms with Crippen molar-refractivity contribution in [3.63, 3.8) is 0 Å². The van der Waals surface area contributed by atoms with Gasteiger partial charge in [0.25, 0.3) is 5.91 Å². The predicted octanol–water partition coefficient (Wildman–Crippen LogP) is 1.56. The van der Waals surface area contributed by atoms with Gasteiger partial charge in [-0.05, 0) is 13.0 Å². The van der Waals surface area contributed by atoms with Gasteiger partial charge in [0.2, 0.25) is 5.91 Å². The molecule has 1 heterocycles. The Hall–Kier alpha value is -1.60. The predicted molar refractivity (Wildman–Crippen MR) is 68.2 cm³/mol. The molecule has 0 aromatic carbocycles. The van der Waals surface area contributed by atoms with E-state index in [0.29, 0.717) is 9.34 Å². The molecule has 1 atom stereocenters. The van der Waals surface area contributed by atoms with Crippen LogP contribution in [-0.4, -0.2) is 28.9 Å². The summed E-state index contributed by atoms with van der Waals surface area (Å²) >= 11 is 6.79. The Morgan fingerprint density at radius 3 is 2.56 bits per heavy atom. The molecule has 0 saturated heterocycles. The summed E-state index contributed by atoms with van der Waals surface area (Å²) in [4.78, 5) is 33.4. The molecular weight excluding hydrogens is 280 g/mol. The fourth-order valence-corrected chi connectivity index (χ4v) is 2.29. The first-order valence-electron chi connectivity index (χ1n) is 4.92. The lowest BCUT2D eigenvalue weighted by Gasteiger charge is -2.09. The third kappa shape index (κ3) is 3.71. The molecule has 0 bridgehead atoms. The number of nitrogens with one attached hydrogen (secondary N) is 2. The van der Waals surface area contributed by atoms with E-state index in [9.17, 15) is 14.4 Å². The first-order chi connectivity index (χ1) is 8.31. The number of carboxylic acids is 1. The maximum atomic E-state index is 11.8. The van der Waals surface area contributed by atoms with Gasteiger partial charge >= 0.3 is 5.97 Å². The monoisotopic (exact) mass is 290 g/mol. The summed E-state index contributed by atoms with van der Waals surface area (Å²) in [6.45, 7) is 2.64. The van der Waals surface area contributed by atoms with Crippen molar-refractivity contribution in [1.29, 1.82) is 0 Å². The van der Waals surface area contributed by atoms with Crippen molar-refractivity contribution in [3.05, 3.63) is 16.0 Å². The first-order valence-corrected chi connectivity index (χ1v) is 6.11. The van der Waals surface area contributed by atoms with Gasteiger partial charge in [0, 0.05) is 6.92 Å². The average Bonchev–Trinajstić information content (AvgIpc) is 2.58. The summed E-state index contributed by atoms with van der Waals surface area (Å²) in [5.74, 6) is -2.09. The third-order valence-corrected chi connectivity index (χ3v) is 3.13. The molecule has 0 spiro atoms. The van der Waals surface area contributed by atoms with Crippen LogP contribution in [0, 0.1) is 0 Å². The van der Waals surface area contributed by atoms with E-state index in [1.165, 1.54) is 19.9 Å². The number of carbonyl (C=O) groups excluding carboxylic acids is 2. The number of aliphatic carboxylic acids is 1. The van der Waals surface area contributed by atoms with Crippen LogP contribution < -0.4 is 10.6 Å². The first kappa shape index (κ1) is 14.5. The molecule has 3 N–H and O–H groups in total. The largest absolute Gasteiger partial charge is 0.480 e. The highest BCUT2D eigenvalue weighted by Gasteiger charge is 2.20. The van der Waals surface area contributed by atoms with Crippen molar-refractivity contribution in [2.75, 3.05) is 5.32 Å². The van der Waals surface area contributed by atoms with Crippen LogP contribution in [0.3, 0.4) is 0 Å². The lowest BCUT2D eigenvalue weighted by molar-refractivity contribution is -0.138. The van der Waals surface area contributed by atoms with Gasteiger partial charge in [-0.25, -0.2) is 0 Å². The van der Waals surface area contributed by atoms with Crippen LogP contribution in [-0.2, 0) is 9.59 Å². The van der Waals surface area contributed by atoms with Gasteiger partial charge in [-0.1, -0.05) is 11.6 Å². The lowest BCUT2D eigenvalue weighted by Crippen LogP contribution is -2.38. The number of carboxylic acid groups (broad SMARTS) is 1. The highest BCUT2D eigenvalue weighted by Crippen LogP contribution is 2.31. The molecule has 0 radical (unpaired) electrons. The second-order valence-corrected chi connectivity index (χ2v) is 5.19. The zero-order valence-electron chi connectivity index (χ0n) is 9.61. The summed E-state index contributed by atoms with van der Waals surface area (Å²) in [5, 5.41) is 13.7. The van der Waals surface area contributed by atoms with E-state index in [1.807, 2.05) is 0 Å². The Balaban J connectivity index is 2.91. The third-order valence-electron chi connectivity index (χ3n) is 1.95. The molecule has 0 saturated carbocycles. The Kier molecular flexibility index (Phi) is 4.69. The van der Waals surface area contributed by atoms with E-state index in [2.05, 4.69) is 10.6 Å². The van der Waals surface area contributed by atoms with Crippen molar-refractivity contribution >= 4 is 45.7 Å². The fourth-order valence-electron chi connectivity index (χ4n) is 1.12. The Labute approximate surface area is 112 Å². The topological polar surface area (TPSA) is 95.5 Å². The highest BCUT2D eigenvalue weighted by atomic mass is 35.5. The maximum Gasteiger partial charge on any atom is 0.325 e. The molecule has 1 rings (SSSR count). The molecule has 1 unspecified atom stereocenters. The number of halogens is 1. The number of anilines is 1. The second-order valence-electron chi connectivity index (χ2n) is 3.51. The molecule has 0 aliphatic heterocycles. The van der Waals surface area contributed by atoms with E-state index in [-0.39, 0.29) is 11.5 Å². The van der Waals surface area contributed by atoms with Crippen LogP contribution >= 0.6 is 22.9 Å². The summed E-state index contributed by atoms with van der Waals surface area (Å²) in [6.07, 6.45) is 0. The van der Waals surface area contributed by atoms with Crippen LogP contribution in [0.5, 0.6) is 0 Å². The molecule has 0 aliphatic carbocycles. The van der Waals surface area contributed by atoms with Gasteiger partial charge in [0.05, 0.1) is 9.90 Å². The molecule has 2 amide bonds. The van der Waals surface area contributed by atoms with Crippen LogP contribution in [0.4, 0.5) is 5.00 Å². The number of hydrogen-bond acceptors (Lipinski definition) is 4. The minimum atomic E-state index is -1.15. The SMILES string of the molecule is CC(=O)Nc1sc(Cl)cc1C(=O)NC(C)C(=O)O. The lowest BCUT2D eigenvalue weighted by atomic mass is 10.2. The number of rotatable bonds is 4. The number of thiophene rings is 1. The van der Waals surface area contributed by atoms with E-state index in [4.69, 9.17) is 16.7 Å². The Morgan fingerprint density at radius 2 is 2.06 bits per heavy atom. The maximum absolute atomic E-state index is 11.8. The molecule has 18 heavy (non-hydrogen) atoms. The number of carbonyl (C=O) groups is 3. The van der Waals surface area contributed by atoms with Crippen LogP contribution in [0.25, 0.3) is 0 Å². The normalized spacial score (nSPS) is 11.7. The van der Waals surface area contributed by atoms with Crippen molar-refractivity contribution in [2.45, 2.75) is 19.9 Å². The molecule has 1 aromatic heterocycles. The number of amides is 2. The van der Waals surface area contributed by atoms with Crippen molar-refractivity contribution in [1.82, 2.24) is 5.32 Å². The fraction of sp³-hybridized carbons (Fsp3) is 0.300. The van der Waals surface area contributed by atoms with Crippen LogP contribution in [0.15, 0.2) is 6.07 Å². The average molecular weight is 291 g/mol. The molecule has 6 nitrogen and oxygen atoms in total. The standard InChI is InChI=1S/C10H11ClN2O4S/c1-4(10(16)17)12-8(15)6-3-7(11)18-9(6)13-5(2)14/h3-4H,1-2H3,(H,12,15)(H,13,14)(H,16,17). The van der Waals surface area contributed by atoms with E-state index in [0.717, 1.165) is 11.3 Å². The van der Waals surface area contributed by atoms with Gasteiger partial charge in [-0.3, -0.25) is 14.4 Å². The van der Waals surface area contributed by atoms with Crippen molar-refractivity contribution in [3.8, 4) is 0 Å². The Morgan fingerprint density at radius 1 is 1.44 bits per heavy atom. The van der Waals surface area contributed by atoms with Crippen LogP contribution in [0.1, 0.15) is 24.2 Å². The van der Waals surface area contributed by atoms with Gasteiger partial charge in [-0.15, -0.1) is 11.3 Å². The van der Waals surface area contributed by atoms with Gasteiger partial charge < -0.3 is 15.7 Å². The molecule has 98 valence electrons. The molecule has 1 aromatic rings. The van der Waals surface area contributed by atoms with E-state index in [1.54, 1.807) is 0 Å². The summed E-state index contributed by atoms with van der Waals surface area (Å²) in [5.41, 5.74) is 0.147. The second kappa shape index (κ2) is 5.83. The van der Waals surface area contributed by atoms with E-state index < -0.39 is 17.9 Å². The molecule has 8 heteroatoms. The van der Waals surface area contributed by atoms with Gasteiger partial charge in [0.1, 0.15) is 11.0 Å². The van der Waals surface area contributed by atoms with Crippen molar-refractivity contribution in [2.24, 2.45) is 0 Å². The van der Waals surface area contributed by atoms with Gasteiger partial charge in [0.15, 0.2) is 0 Å². The minimum absolute atomic E-state index is 0.147. The quantitative estimate of drug-likeness (QED) is 0.784. The highest BCUT2D eigenvalue weighted by molar-refractivity contribution is 7.20. The van der Waals surface area contributed by atoms with Crippen LogP contribution in [0.2, 0.25) is 4.34 Å². The van der Waals surface area contributed by atoms with E-state index >= 15 is 0 Å². The summed E-state index contributed by atoms with van der Waals surface area (Å²) in [7, 11) is 0. The molecule has 0 fully saturated rings. The van der Waals surface area contributed by atoms with Gasteiger partial charge in [-0.2, -0.15) is 0 Å². The zero-order chi connectivity index (χ0) is 13.9. The number of hydrogen-bond donors (Lipinski definition) is 3. The minimum Gasteiger partial charge on any atom is -0.480 e. The zero-order valence-corrected chi connectivity index (χ0v) is 11.2. The van der Waals surface area contributed by atoms with Crippen molar-refractivity contribution < 1.29 is 19.5 Å². The Bertz CT molecular complexity index is 500.